The minimum Gasteiger partial charge on any atom is -0.508 e. The number of phenols is 1. The molecule has 0 bridgehead atoms. The molecule has 1 heterocycles. The van der Waals surface area contributed by atoms with Gasteiger partial charge in [0.15, 0.2) is 0 Å². The summed E-state index contributed by atoms with van der Waals surface area (Å²) in [6, 6.07) is 27.9. The quantitative estimate of drug-likeness (QED) is 0.328. The van der Waals surface area contributed by atoms with Crippen molar-refractivity contribution in [2.24, 2.45) is 0 Å². The molecule has 3 aromatic carbocycles. The van der Waals surface area contributed by atoms with Crippen LogP contribution in [0.4, 0.5) is 5.69 Å². The number of rotatable bonds is 6. The van der Waals surface area contributed by atoms with Crippen molar-refractivity contribution < 1.29 is 9.90 Å². The number of carbonyl (C=O) groups is 1. The largest absolute Gasteiger partial charge is 0.508 e. The van der Waals surface area contributed by atoms with E-state index in [2.05, 4.69) is 58.7 Å². The Morgan fingerprint density at radius 2 is 1.56 bits per heavy atom. The summed E-state index contributed by atoms with van der Waals surface area (Å²) >= 11 is 0. The molecule has 0 atom stereocenters. The molecule has 1 amide bonds. The molecule has 34 heavy (non-hydrogen) atoms. The van der Waals surface area contributed by atoms with Gasteiger partial charge in [-0.05, 0) is 41.8 Å². The summed E-state index contributed by atoms with van der Waals surface area (Å²) in [5.41, 5.74) is 3.86. The van der Waals surface area contributed by atoms with Crippen LogP contribution in [-0.2, 0) is 4.79 Å². The van der Waals surface area contributed by atoms with Gasteiger partial charge in [-0.3, -0.25) is 9.69 Å². The van der Waals surface area contributed by atoms with Gasteiger partial charge in [0.2, 0.25) is 0 Å². The summed E-state index contributed by atoms with van der Waals surface area (Å²) in [6.07, 6.45) is 1.66. The average Bonchev–Trinajstić information content (AvgIpc) is 2.86. The highest BCUT2D eigenvalue weighted by Gasteiger charge is 2.26. The SMILES string of the molecule is Cc1cc(O)ccc1NC(=O)/C(C#N)=C\N1CCN(C(c2ccccc2)c2ccccc2)CC1. The predicted octanol–water partition coefficient (Wildman–Crippen LogP) is 4.45. The Hall–Kier alpha value is -4.08. The van der Waals surface area contributed by atoms with Gasteiger partial charge in [0, 0.05) is 38.1 Å². The van der Waals surface area contributed by atoms with Crippen molar-refractivity contribution in [1.82, 2.24) is 9.80 Å². The molecule has 1 aliphatic heterocycles. The Labute approximate surface area is 200 Å². The van der Waals surface area contributed by atoms with E-state index in [1.807, 2.05) is 23.1 Å². The number of carbonyl (C=O) groups excluding carboxylic acids is 1. The molecule has 0 aliphatic carbocycles. The first-order valence-corrected chi connectivity index (χ1v) is 11.4. The third kappa shape index (κ3) is 5.45. The second kappa shape index (κ2) is 10.7. The van der Waals surface area contributed by atoms with Crippen LogP contribution in [0, 0.1) is 18.3 Å². The number of nitrogens with zero attached hydrogens (tertiary/aromatic N) is 3. The standard InChI is InChI=1S/C28H28N4O2/c1-21-18-25(33)12-13-26(21)30-28(34)24(19-29)20-31-14-16-32(17-15-31)27(22-8-4-2-5-9-22)23-10-6-3-7-11-23/h2-13,18,20,27,33H,14-17H2,1H3,(H,30,34)/b24-20-. The molecule has 0 saturated carbocycles. The lowest BCUT2D eigenvalue weighted by Gasteiger charge is -2.39. The predicted molar refractivity (Wildman–Crippen MR) is 133 cm³/mol. The van der Waals surface area contributed by atoms with E-state index in [1.54, 1.807) is 25.3 Å². The summed E-state index contributed by atoms with van der Waals surface area (Å²) in [4.78, 5) is 17.2. The van der Waals surface area contributed by atoms with Crippen molar-refractivity contribution in [2.45, 2.75) is 13.0 Å². The van der Waals surface area contributed by atoms with Crippen LogP contribution in [0.3, 0.4) is 0 Å². The van der Waals surface area contributed by atoms with Crippen molar-refractivity contribution >= 4 is 11.6 Å². The van der Waals surface area contributed by atoms with Crippen LogP contribution in [0.15, 0.2) is 90.6 Å². The van der Waals surface area contributed by atoms with Gasteiger partial charge in [-0.25, -0.2) is 0 Å². The van der Waals surface area contributed by atoms with E-state index in [4.69, 9.17) is 0 Å². The summed E-state index contributed by atoms with van der Waals surface area (Å²) in [7, 11) is 0. The number of piperazine rings is 1. The maximum Gasteiger partial charge on any atom is 0.267 e. The number of hydrogen-bond acceptors (Lipinski definition) is 5. The van der Waals surface area contributed by atoms with Gasteiger partial charge in [0.05, 0.1) is 6.04 Å². The molecule has 6 heteroatoms. The van der Waals surface area contributed by atoms with Gasteiger partial charge < -0.3 is 15.3 Å². The summed E-state index contributed by atoms with van der Waals surface area (Å²) < 4.78 is 0. The number of phenolic OH excluding ortho intramolecular Hbond substituents is 1. The lowest BCUT2D eigenvalue weighted by molar-refractivity contribution is -0.112. The first kappa shape index (κ1) is 23.1. The molecular formula is C28H28N4O2. The first-order valence-electron chi connectivity index (χ1n) is 11.4. The van der Waals surface area contributed by atoms with Crippen LogP contribution >= 0.6 is 0 Å². The minimum absolute atomic E-state index is 0.0589. The maximum absolute atomic E-state index is 12.7. The van der Waals surface area contributed by atoms with Gasteiger partial charge in [-0.15, -0.1) is 0 Å². The molecule has 3 aromatic rings. The van der Waals surface area contributed by atoms with Crippen molar-refractivity contribution in [3.05, 3.63) is 107 Å². The highest BCUT2D eigenvalue weighted by Crippen LogP contribution is 2.29. The zero-order valence-corrected chi connectivity index (χ0v) is 19.2. The van der Waals surface area contributed by atoms with E-state index in [-0.39, 0.29) is 17.4 Å². The fraction of sp³-hybridized carbons (Fsp3) is 0.214. The molecule has 172 valence electrons. The third-order valence-electron chi connectivity index (χ3n) is 6.08. The first-order chi connectivity index (χ1) is 16.5. The van der Waals surface area contributed by atoms with E-state index in [0.29, 0.717) is 18.8 Å². The Kier molecular flexibility index (Phi) is 7.26. The average molecular weight is 453 g/mol. The second-order valence-electron chi connectivity index (χ2n) is 8.40. The lowest BCUT2D eigenvalue weighted by Crippen LogP contribution is -2.46. The smallest absolute Gasteiger partial charge is 0.267 e. The van der Waals surface area contributed by atoms with Gasteiger partial charge in [-0.1, -0.05) is 60.7 Å². The summed E-state index contributed by atoms with van der Waals surface area (Å²) in [6.45, 7) is 4.84. The molecule has 4 rings (SSSR count). The summed E-state index contributed by atoms with van der Waals surface area (Å²) in [5, 5.41) is 21.9. The minimum atomic E-state index is -0.454. The Balaban J connectivity index is 1.45. The monoisotopic (exact) mass is 452 g/mol. The molecule has 1 saturated heterocycles. The lowest BCUT2D eigenvalue weighted by atomic mass is 9.96. The highest BCUT2D eigenvalue weighted by atomic mass is 16.3. The second-order valence-corrected chi connectivity index (χ2v) is 8.40. The van der Waals surface area contributed by atoms with E-state index in [1.165, 1.54) is 17.2 Å². The van der Waals surface area contributed by atoms with E-state index in [9.17, 15) is 15.2 Å². The van der Waals surface area contributed by atoms with Gasteiger partial charge in [-0.2, -0.15) is 5.26 Å². The molecular weight excluding hydrogens is 424 g/mol. The van der Waals surface area contributed by atoms with Crippen LogP contribution in [0.5, 0.6) is 5.75 Å². The normalized spacial score (nSPS) is 14.6. The van der Waals surface area contributed by atoms with Crippen molar-refractivity contribution in [3.8, 4) is 11.8 Å². The number of nitriles is 1. The molecule has 0 spiro atoms. The zero-order chi connectivity index (χ0) is 23.9. The van der Waals surface area contributed by atoms with Crippen LogP contribution < -0.4 is 5.32 Å². The van der Waals surface area contributed by atoms with E-state index >= 15 is 0 Å². The van der Waals surface area contributed by atoms with Gasteiger partial charge in [0.25, 0.3) is 5.91 Å². The third-order valence-corrected chi connectivity index (χ3v) is 6.08. The van der Waals surface area contributed by atoms with Crippen molar-refractivity contribution in [2.75, 3.05) is 31.5 Å². The van der Waals surface area contributed by atoms with E-state index < -0.39 is 5.91 Å². The Bertz CT molecular complexity index is 1150. The van der Waals surface area contributed by atoms with Gasteiger partial charge in [0.1, 0.15) is 17.4 Å². The number of anilines is 1. The number of nitrogens with one attached hydrogen (secondary N) is 1. The molecule has 6 nitrogen and oxygen atoms in total. The highest BCUT2D eigenvalue weighted by molar-refractivity contribution is 6.06. The molecule has 1 aliphatic rings. The van der Waals surface area contributed by atoms with Crippen LogP contribution in [0.1, 0.15) is 22.7 Å². The molecule has 1 fully saturated rings. The number of benzene rings is 3. The fourth-order valence-corrected chi connectivity index (χ4v) is 4.31. The fourth-order valence-electron chi connectivity index (χ4n) is 4.31. The molecule has 0 unspecified atom stereocenters. The Morgan fingerprint density at radius 3 is 2.09 bits per heavy atom. The number of aromatic hydroxyl groups is 1. The zero-order valence-electron chi connectivity index (χ0n) is 19.2. The topological polar surface area (TPSA) is 79.6 Å². The summed E-state index contributed by atoms with van der Waals surface area (Å²) in [5.74, 6) is -0.320. The van der Waals surface area contributed by atoms with Gasteiger partial charge >= 0.3 is 0 Å². The van der Waals surface area contributed by atoms with Crippen LogP contribution in [0.2, 0.25) is 0 Å². The van der Waals surface area contributed by atoms with Crippen LogP contribution in [0.25, 0.3) is 0 Å². The van der Waals surface area contributed by atoms with Crippen LogP contribution in [-0.4, -0.2) is 47.0 Å². The maximum atomic E-state index is 12.7. The molecule has 0 aromatic heterocycles. The Morgan fingerprint density at radius 1 is 0.971 bits per heavy atom. The van der Waals surface area contributed by atoms with E-state index in [0.717, 1.165) is 18.7 Å². The molecule has 2 N–H and O–H groups in total. The molecule has 0 radical (unpaired) electrons. The van der Waals surface area contributed by atoms with Crippen molar-refractivity contribution in [3.63, 3.8) is 0 Å². The number of amides is 1. The van der Waals surface area contributed by atoms with Crippen molar-refractivity contribution in [1.29, 1.82) is 5.26 Å². The number of hydrogen-bond donors (Lipinski definition) is 2. The number of aryl methyl sites for hydroxylation is 1.